The van der Waals surface area contributed by atoms with E-state index in [9.17, 15) is 20.1 Å². The lowest BCUT2D eigenvalue weighted by molar-refractivity contribution is -0.121. The Kier molecular flexibility index (Phi) is 12.6. The first kappa shape index (κ1) is 37.5. The van der Waals surface area contributed by atoms with Crippen molar-refractivity contribution in [2.75, 3.05) is 19.8 Å². The highest BCUT2D eigenvalue weighted by Crippen LogP contribution is 2.50. The van der Waals surface area contributed by atoms with Gasteiger partial charge in [-0.1, -0.05) is 86.8 Å². The highest BCUT2D eigenvalue weighted by atomic mass is 16.5. The van der Waals surface area contributed by atoms with Gasteiger partial charge in [0.05, 0.1) is 24.1 Å². The van der Waals surface area contributed by atoms with Gasteiger partial charge < -0.3 is 30.7 Å². The van der Waals surface area contributed by atoms with Crippen molar-refractivity contribution in [3.63, 3.8) is 0 Å². The Balaban J connectivity index is 1.06. The fourth-order valence-corrected chi connectivity index (χ4v) is 7.96. The topological polar surface area (TPSA) is 141 Å². The van der Waals surface area contributed by atoms with Gasteiger partial charge >= 0.3 is 0 Å². The fraction of sp³-hybridized carbons (Fsp3) is 0.442. The van der Waals surface area contributed by atoms with Crippen LogP contribution in [0.4, 0.5) is 0 Å². The number of nitrogens with zero attached hydrogens (tertiary/aromatic N) is 2. The second-order valence-electron chi connectivity index (χ2n) is 14.6. The van der Waals surface area contributed by atoms with Crippen molar-refractivity contribution in [3.05, 3.63) is 118 Å². The first-order valence-electron chi connectivity index (χ1n) is 18.9. The van der Waals surface area contributed by atoms with Crippen LogP contribution in [0.5, 0.6) is 11.5 Å². The van der Waals surface area contributed by atoms with Gasteiger partial charge in [-0.2, -0.15) is 0 Å². The maximum atomic E-state index is 12.5. The number of hydrogen-bond donors (Lipinski definition) is 5. The summed E-state index contributed by atoms with van der Waals surface area (Å²) in [6.45, 7) is 3.68. The molecule has 0 amide bonds. The summed E-state index contributed by atoms with van der Waals surface area (Å²) in [7, 11) is 0. The lowest BCUT2D eigenvalue weighted by atomic mass is 9.71. The monoisotopic (exact) mass is 706 g/mol. The number of aliphatic imine (C=N–C) groups is 1. The number of nitrogens with one attached hydrogen (secondary N) is 1. The molecule has 2 heterocycles. The predicted octanol–water partition coefficient (Wildman–Crippen LogP) is 6.37. The van der Waals surface area contributed by atoms with E-state index in [0.29, 0.717) is 25.1 Å². The maximum absolute atomic E-state index is 12.5. The van der Waals surface area contributed by atoms with Crippen LogP contribution < -0.4 is 15.8 Å². The van der Waals surface area contributed by atoms with Crippen LogP contribution in [0.25, 0.3) is 0 Å². The number of benzene rings is 3. The Bertz CT molecular complexity index is 1760. The molecular weight excluding hydrogens is 652 g/mol. The maximum Gasteiger partial charge on any atom is 0.163 e. The lowest BCUT2D eigenvalue weighted by Crippen LogP contribution is -2.32. The van der Waals surface area contributed by atoms with Crippen molar-refractivity contribution in [1.29, 1.82) is 0 Å². The molecule has 0 bridgehead atoms. The van der Waals surface area contributed by atoms with Gasteiger partial charge in [-0.15, -0.1) is 0 Å². The molecule has 3 aromatic carbocycles. The zero-order valence-electron chi connectivity index (χ0n) is 30.3. The SMILES string of the molecule is CCCC(O)CC(O)CC(=O)CCc1ccc(O)c(OCN2C=C3N=CC(C4(c5cccc(C(N)NCCc6ccccc6)c5)CCCC4)=C3C2)c1. The number of phenolic OH excluding ortho intramolecular Hbond substituents is 1. The van der Waals surface area contributed by atoms with Crippen LogP contribution in [-0.4, -0.2) is 64.2 Å². The Morgan fingerprint density at radius 1 is 1.00 bits per heavy atom. The number of rotatable bonds is 19. The quantitative estimate of drug-likeness (QED) is 0.0907. The minimum absolute atomic E-state index is 0.0266. The molecule has 2 aliphatic heterocycles. The molecule has 3 aromatic rings. The van der Waals surface area contributed by atoms with Gasteiger partial charge in [-0.25, -0.2) is 0 Å². The third kappa shape index (κ3) is 9.19. The van der Waals surface area contributed by atoms with Gasteiger partial charge in [-0.3, -0.25) is 15.1 Å². The molecule has 3 aliphatic rings. The van der Waals surface area contributed by atoms with E-state index in [-0.39, 0.29) is 49.1 Å². The molecule has 1 fully saturated rings. The Morgan fingerprint density at radius 2 is 1.81 bits per heavy atom. The molecule has 1 aliphatic carbocycles. The van der Waals surface area contributed by atoms with E-state index in [1.54, 1.807) is 18.2 Å². The number of aryl methyl sites for hydroxylation is 1. The molecule has 6 N–H and O–H groups in total. The second-order valence-corrected chi connectivity index (χ2v) is 14.6. The van der Waals surface area contributed by atoms with Crippen LogP contribution in [0, 0.1) is 0 Å². The van der Waals surface area contributed by atoms with Crippen LogP contribution in [0.2, 0.25) is 0 Å². The number of aliphatic hydroxyl groups excluding tert-OH is 2. The van der Waals surface area contributed by atoms with Crippen LogP contribution in [0.3, 0.4) is 0 Å². The van der Waals surface area contributed by atoms with Crippen molar-refractivity contribution < 1.29 is 24.9 Å². The van der Waals surface area contributed by atoms with Crippen molar-refractivity contribution >= 4 is 12.0 Å². The predicted molar refractivity (Wildman–Crippen MR) is 205 cm³/mol. The summed E-state index contributed by atoms with van der Waals surface area (Å²) in [4.78, 5) is 19.5. The number of allylic oxidation sites excluding steroid dienone is 1. The number of ether oxygens (including phenoxy) is 1. The largest absolute Gasteiger partial charge is 0.504 e. The number of fused-ring (bicyclic) bond motifs is 1. The van der Waals surface area contributed by atoms with Gasteiger partial charge in [0, 0.05) is 49.3 Å². The molecule has 0 aromatic heterocycles. The van der Waals surface area contributed by atoms with E-state index >= 15 is 0 Å². The molecule has 0 radical (unpaired) electrons. The van der Waals surface area contributed by atoms with Gasteiger partial charge in [0.1, 0.15) is 5.78 Å². The number of carbonyl (C=O) groups is 1. The minimum Gasteiger partial charge on any atom is -0.504 e. The number of ketones is 1. The van der Waals surface area contributed by atoms with Crippen LogP contribution in [0.1, 0.15) is 93.1 Å². The van der Waals surface area contributed by atoms with E-state index in [2.05, 4.69) is 65.0 Å². The number of aliphatic hydroxyl groups is 2. The molecule has 0 saturated heterocycles. The number of aromatic hydroxyl groups is 1. The molecule has 276 valence electrons. The standard InChI is InChI=1S/C43H54N4O5/c1-2-9-34(48)24-36(50)25-35(49)16-14-31-15-17-40(51)41(22-31)52-29-47-27-37-38(26-46-39(37)28-47)43(19-6-7-20-43)33-13-8-12-32(23-33)42(44)45-21-18-30-10-4-3-5-11-30/h3-5,8,10-13,15,17,22-23,26,28,34,36,42,45,48,50-51H,2,6-7,9,14,16,18-21,24-25,27,29,44H2,1H3. The first-order valence-corrected chi connectivity index (χ1v) is 18.9. The van der Waals surface area contributed by atoms with Crippen LogP contribution in [0.15, 0.2) is 101 Å². The summed E-state index contributed by atoms with van der Waals surface area (Å²) in [6.07, 6.45) is 10.2. The molecule has 1 saturated carbocycles. The van der Waals surface area contributed by atoms with Crippen LogP contribution in [-0.2, 0) is 23.1 Å². The highest BCUT2D eigenvalue weighted by molar-refractivity contribution is 5.90. The Morgan fingerprint density at radius 3 is 2.60 bits per heavy atom. The number of hydrogen-bond acceptors (Lipinski definition) is 9. The second kappa shape index (κ2) is 17.5. The zero-order valence-corrected chi connectivity index (χ0v) is 30.3. The lowest BCUT2D eigenvalue weighted by Gasteiger charge is -2.32. The first-order chi connectivity index (χ1) is 25.2. The van der Waals surface area contributed by atoms with E-state index in [1.807, 2.05) is 19.2 Å². The van der Waals surface area contributed by atoms with Crippen LogP contribution >= 0.6 is 0 Å². The smallest absolute Gasteiger partial charge is 0.163 e. The molecule has 3 atom stereocenters. The number of phenols is 1. The molecule has 6 rings (SSSR count). The number of carbonyl (C=O) groups excluding carboxylic acids is 1. The van der Waals surface area contributed by atoms with Gasteiger partial charge in [-0.05, 0) is 78.5 Å². The highest BCUT2D eigenvalue weighted by Gasteiger charge is 2.43. The third-order valence-electron chi connectivity index (χ3n) is 10.8. The summed E-state index contributed by atoms with van der Waals surface area (Å²) >= 11 is 0. The average Bonchev–Trinajstić information content (AvgIpc) is 3.89. The number of nitrogens with two attached hydrogens (primary N) is 1. The molecule has 52 heavy (non-hydrogen) atoms. The van der Waals surface area contributed by atoms with Gasteiger partial charge in [0.15, 0.2) is 18.2 Å². The minimum atomic E-state index is -0.841. The average molecular weight is 707 g/mol. The molecule has 9 nitrogen and oxygen atoms in total. The van der Waals surface area contributed by atoms with E-state index < -0.39 is 12.2 Å². The normalized spacial score (nSPS) is 18.0. The van der Waals surface area contributed by atoms with Crippen molar-refractivity contribution in [1.82, 2.24) is 10.2 Å². The molecule has 0 spiro atoms. The van der Waals surface area contributed by atoms with Crippen molar-refractivity contribution in [2.24, 2.45) is 10.7 Å². The summed E-state index contributed by atoms with van der Waals surface area (Å²) in [5.41, 5.74) is 14.5. The molecular formula is C43H54N4O5. The molecule has 9 heteroatoms. The van der Waals surface area contributed by atoms with Gasteiger partial charge in [0.2, 0.25) is 0 Å². The van der Waals surface area contributed by atoms with Gasteiger partial charge in [0.25, 0.3) is 0 Å². The van der Waals surface area contributed by atoms with E-state index in [4.69, 9.17) is 15.5 Å². The van der Waals surface area contributed by atoms with Crippen molar-refractivity contribution in [3.8, 4) is 11.5 Å². The number of Topliss-reactive ketones (excluding diaryl/α,β-unsaturated/α-hetero) is 1. The third-order valence-corrected chi connectivity index (χ3v) is 10.8. The van der Waals surface area contributed by atoms with E-state index in [1.165, 1.54) is 22.3 Å². The summed E-state index contributed by atoms with van der Waals surface area (Å²) in [5.74, 6) is 0.341. The Hall–Kier alpha value is -4.28. The zero-order chi connectivity index (χ0) is 36.5. The van der Waals surface area contributed by atoms with E-state index in [0.717, 1.165) is 61.9 Å². The fourth-order valence-electron chi connectivity index (χ4n) is 7.96. The summed E-state index contributed by atoms with van der Waals surface area (Å²) < 4.78 is 6.12. The summed E-state index contributed by atoms with van der Waals surface area (Å²) in [6, 6.07) is 24.4. The molecule has 3 unspecified atom stereocenters. The summed E-state index contributed by atoms with van der Waals surface area (Å²) in [5, 5.41) is 34.2. The Labute approximate surface area is 307 Å². The van der Waals surface area contributed by atoms with Crippen molar-refractivity contribution in [2.45, 2.75) is 101 Å².